The molecule has 0 amide bonds. The lowest BCUT2D eigenvalue weighted by molar-refractivity contribution is -0.00635. The van der Waals surface area contributed by atoms with Crippen LogP contribution in [-0.4, -0.2) is 47.4 Å². The summed E-state index contributed by atoms with van der Waals surface area (Å²) >= 11 is 0. The van der Waals surface area contributed by atoms with Crippen LogP contribution in [-0.2, 0) is 11.3 Å². The van der Waals surface area contributed by atoms with Crippen molar-refractivity contribution in [3.8, 4) is 0 Å². The number of hydrogen-bond acceptors (Lipinski definition) is 4. The molecule has 1 heterocycles. The number of aliphatic hydroxyl groups is 1. The Bertz CT molecular complexity index is 304. The smallest absolute Gasteiger partial charge is 0.0900 e. The van der Waals surface area contributed by atoms with Crippen molar-refractivity contribution in [2.24, 2.45) is 0 Å². The van der Waals surface area contributed by atoms with E-state index >= 15 is 0 Å². The largest absolute Gasteiger partial charge is 0.389 e. The lowest BCUT2D eigenvalue weighted by Gasteiger charge is -2.21. The molecule has 0 radical (unpaired) electrons. The molecule has 96 valence electrons. The van der Waals surface area contributed by atoms with Gasteiger partial charge in [-0.15, -0.1) is 0 Å². The minimum atomic E-state index is -0.445. The molecule has 0 aliphatic rings. The molecule has 1 atom stereocenters. The summed E-state index contributed by atoms with van der Waals surface area (Å²) in [5.41, 5.74) is 1.15. The zero-order valence-corrected chi connectivity index (χ0v) is 10.8. The van der Waals surface area contributed by atoms with Gasteiger partial charge >= 0.3 is 0 Å². The van der Waals surface area contributed by atoms with Gasteiger partial charge in [0.25, 0.3) is 0 Å². The maximum absolute atomic E-state index is 9.76. The van der Waals surface area contributed by atoms with Gasteiger partial charge in [-0.1, -0.05) is 6.07 Å². The van der Waals surface area contributed by atoms with E-state index in [1.807, 2.05) is 39.2 Å². The molecule has 4 heteroatoms. The second kappa shape index (κ2) is 7.37. The van der Waals surface area contributed by atoms with Crippen molar-refractivity contribution in [2.75, 3.05) is 20.2 Å². The number of hydrogen-bond donors (Lipinski definition) is 1. The Morgan fingerprint density at radius 3 is 2.82 bits per heavy atom. The van der Waals surface area contributed by atoms with Crippen LogP contribution in [0.5, 0.6) is 0 Å². The molecule has 1 aromatic heterocycles. The average molecular weight is 238 g/mol. The van der Waals surface area contributed by atoms with Crippen molar-refractivity contribution in [2.45, 2.75) is 32.6 Å². The maximum Gasteiger partial charge on any atom is 0.0900 e. The standard InChI is InChI=1S/C13H22N2O2/c1-11(2)17-10-13(16)9-15(3)8-12-5-4-6-14-7-12/h4-7,11,13,16H,8-10H2,1-3H3/t13-/m0/s1. The number of aromatic nitrogens is 1. The van der Waals surface area contributed by atoms with Crippen molar-refractivity contribution < 1.29 is 9.84 Å². The van der Waals surface area contributed by atoms with E-state index in [2.05, 4.69) is 9.88 Å². The Labute approximate surface area is 103 Å². The van der Waals surface area contributed by atoms with E-state index in [1.54, 1.807) is 6.20 Å². The highest BCUT2D eigenvalue weighted by Crippen LogP contribution is 2.02. The molecule has 0 fully saturated rings. The van der Waals surface area contributed by atoms with Crippen molar-refractivity contribution in [3.63, 3.8) is 0 Å². The molecular formula is C13H22N2O2. The zero-order valence-electron chi connectivity index (χ0n) is 10.8. The van der Waals surface area contributed by atoms with Crippen LogP contribution in [0.15, 0.2) is 24.5 Å². The Morgan fingerprint density at radius 1 is 1.47 bits per heavy atom. The van der Waals surface area contributed by atoms with Crippen molar-refractivity contribution >= 4 is 0 Å². The molecule has 0 aromatic carbocycles. The summed E-state index contributed by atoms with van der Waals surface area (Å²) in [6, 6.07) is 3.95. The molecule has 4 nitrogen and oxygen atoms in total. The van der Waals surface area contributed by atoms with E-state index in [0.717, 1.165) is 12.1 Å². The third-order valence-corrected chi connectivity index (χ3v) is 2.32. The van der Waals surface area contributed by atoms with Crippen LogP contribution in [0.1, 0.15) is 19.4 Å². The van der Waals surface area contributed by atoms with Gasteiger partial charge in [0.05, 0.1) is 18.8 Å². The topological polar surface area (TPSA) is 45.6 Å². The normalized spacial score (nSPS) is 13.3. The van der Waals surface area contributed by atoms with E-state index in [1.165, 1.54) is 0 Å². The summed E-state index contributed by atoms with van der Waals surface area (Å²) in [5.74, 6) is 0. The third-order valence-electron chi connectivity index (χ3n) is 2.32. The van der Waals surface area contributed by atoms with Gasteiger partial charge in [-0.2, -0.15) is 0 Å². The minimum absolute atomic E-state index is 0.160. The highest BCUT2D eigenvalue weighted by atomic mass is 16.5. The summed E-state index contributed by atoms with van der Waals surface area (Å²) < 4.78 is 5.37. The lowest BCUT2D eigenvalue weighted by atomic mass is 10.2. The van der Waals surface area contributed by atoms with Crippen LogP contribution >= 0.6 is 0 Å². The Morgan fingerprint density at radius 2 is 2.24 bits per heavy atom. The molecule has 0 bridgehead atoms. The molecule has 0 saturated carbocycles. The molecule has 1 rings (SSSR count). The average Bonchev–Trinajstić information content (AvgIpc) is 2.27. The number of likely N-dealkylation sites (N-methyl/N-ethyl adjacent to an activating group) is 1. The number of ether oxygens (including phenoxy) is 1. The Hall–Kier alpha value is -0.970. The van der Waals surface area contributed by atoms with Crippen LogP contribution in [0.2, 0.25) is 0 Å². The second-order valence-corrected chi connectivity index (χ2v) is 4.59. The van der Waals surface area contributed by atoms with E-state index in [9.17, 15) is 5.11 Å². The van der Waals surface area contributed by atoms with E-state index in [4.69, 9.17) is 4.74 Å². The van der Waals surface area contributed by atoms with Crippen molar-refractivity contribution in [1.29, 1.82) is 0 Å². The van der Waals surface area contributed by atoms with Gasteiger partial charge in [0, 0.05) is 25.5 Å². The number of pyridine rings is 1. The predicted molar refractivity (Wildman–Crippen MR) is 67.7 cm³/mol. The summed E-state index contributed by atoms with van der Waals surface area (Å²) in [6.45, 7) is 5.70. The SMILES string of the molecule is CC(C)OC[C@@H](O)CN(C)Cc1cccnc1. The quantitative estimate of drug-likeness (QED) is 0.777. The first-order chi connectivity index (χ1) is 8.08. The summed E-state index contributed by atoms with van der Waals surface area (Å²) in [5, 5.41) is 9.76. The van der Waals surface area contributed by atoms with Crippen LogP contribution < -0.4 is 0 Å². The molecule has 0 unspecified atom stereocenters. The number of nitrogens with zero attached hydrogens (tertiary/aromatic N) is 2. The first kappa shape index (κ1) is 14.1. The van der Waals surface area contributed by atoms with E-state index < -0.39 is 6.10 Å². The van der Waals surface area contributed by atoms with Crippen LogP contribution in [0.25, 0.3) is 0 Å². The van der Waals surface area contributed by atoms with E-state index in [-0.39, 0.29) is 6.10 Å². The Kier molecular flexibility index (Phi) is 6.11. The van der Waals surface area contributed by atoms with E-state index in [0.29, 0.717) is 13.2 Å². The zero-order chi connectivity index (χ0) is 12.7. The molecule has 17 heavy (non-hydrogen) atoms. The monoisotopic (exact) mass is 238 g/mol. The number of rotatable bonds is 7. The molecule has 0 aliphatic heterocycles. The predicted octanol–water partition coefficient (Wildman–Crippen LogP) is 1.30. The van der Waals surface area contributed by atoms with Crippen LogP contribution in [0, 0.1) is 0 Å². The molecule has 0 aliphatic carbocycles. The molecule has 1 N–H and O–H groups in total. The molecule has 0 spiro atoms. The third kappa shape index (κ3) is 6.36. The fourth-order valence-corrected chi connectivity index (χ4v) is 1.58. The van der Waals surface area contributed by atoms with Crippen LogP contribution in [0.3, 0.4) is 0 Å². The Balaban J connectivity index is 2.27. The van der Waals surface area contributed by atoms with Gasteiger partial charge in [-0.25, -0.2) is 0 Å². The summed E-state index contributed by atoms with van der Waals surface area (Å²) in [6.07, 6.45) is 3.31. The second-order valence-electron chi connectivity index (χ2n) is 4.59. The minimum Gasteiger partial charge on any atom is -0.389 e. The van der Waals surface area contributed by atoms with Gasteiger partial charge in [0.1, 0.15) is 0 Å². The van der Waals surface area contributed by atoms with Crippen molar-refractivity contribution in [1.82, 2.24) is 9.88 Å². The van der Waals surface area contributed by atoms with Crippen LogP contribution in [0.4, 0.5) is 0 Å². The highest BCUT2D eigenvalue weighted by Gasteiger charge is 2.09. The van der Waals surface area contributed by atoms with Gasteiger partial charge in [0.15, 0.2) is 0 Å². The summed E-state index contributed by atoms with van der Waals surface area (Å²) in [7, 11) is 1.98. The maximum atomic E-state index is 9.76. The molecular weight excluding hydrogens is 216 g/mol. The van der Waals surface area contributed by atoms with Gasteiger partial charge in [-0.3, -0.25) is 9.88 Å². The van der Waals surface area contributed by atoms with Gasteiger partial charge in [0.2, 0.25) is 0 Å². The van der Waals surface area contributed by atoms with Gasteiger partial charge in [-0.05, 0) is 32.5 Å². The highest BCUT2D eigenvalue weighted by molar-refractivity contribution is 5.07. The first-order valence-corrected chi connectivity index (χ1v) is 5.95. The molecule has 0 saturated heterocycles. The van der Waals surface area contributed by atoms with Crippen molar-refractivity contribution in [3.05, 3.63) is 30.1 Å². The lowest BCUT2D eigenvalue weighted by Crippen LogP contribution is -2.32. The fourth-order valence-electron chi connectivity index (χ4n) is 1.58. The van der Waals surface area contributed by atoms with Gasteiger partial charge < -0.3 is 9.84 Å². The summed E-state index contributed by atoms with van der Waals surface area (Å²) in [4.78, 5) is 6.12. The first-order valence-electron chi connectivity index (χ1n) is 5.95. The fraction of sp³-hybridized carbons (Fsp3) is 0.615. The number of aliphatic hydroxyl groups excluding tert-OH is 1. The molecule has 1 aromatic rings.